The van der Waals surface area contributed by atoms with Gasteiger partial charge < -0.3 is 10.4 Å². The molecule has 0 spiro atoms. The Morgan fingerprint density at radius 2 is 2.54 bits per heavy atom. The Kier molecular flexibility index (Phi) is 3.92. The molecule has 0 bridgehead atoms. The quantitative estimate of drug-likeness (QED) is 0.753. The Morgan fingerprint density at radius 3 is 3.08 bits per heavy atom. The van der Waals surface area contributed by atoms with Crippen LogP contribution in [0.15, 0.2) is 16.8 Å². The zero-order valence-electron chi connectivity index (χ0n) is 7.49. The van der Waals surface area contributed by atoms with Gasteiger partial charge in [0.05, 0.1) is 13.0 Å². The zero-order chi connectivity index (χ0) is 9.68. The van der Waals surface area contributed by atoms with Gasteiger partial charge in [-0.3, -0.25) is 4.79 Å². The van der Waals surface area contributed by atoms with E-state index < -0.39 is 0 Å². The lowest BCUT2D eigenvalue weighted by Crippen LogP contribution is -2.35. The molecule has 1 rings (SSSR count). The van der Waals surface area contributed by atoms with E-state index in [1.54, 1.807) is 18.3 Å². The molecule has 13 heavy (non-hydrogen) atoms. The minimum Gasteiger partial charge on any atom is -0.394 e. The minimum absolute atomic E-state index is 0.0185. The van der Waals surface area contributed by atoms with E-state index in [4.69, 9.17) is 5.11 Å². The highest BCUT2D eigenvalue weighted by Gasteiger charge is 2.06. The molecule has 0 fully saturated rings. The summed E-state index contributed by atoms with van der Waals surface area (Å²) in [4.78, 5) is 11.3. The van der Waals surface area contributed by atoms with Crippen LogP contribution in [0.25, 0.3) is 0 Å². The molecule has 1 aromatic heterocycles. The van der Waals surface area contributed by atoms with E-state index in [0.29, 0.717) is 6.42 Å². The molecule has 2 N–H and O–H groups in total. The standard InChI is InChI=1S/C9H13NO2S/c1-7(5-11)10-9(12)4-8-2-3-13-6-8/h2-3,6-7,11H,4-5H2,1H3,(H,10,12). The van der Waals surface area contributed by atoms with Gasteiger partial charge in [-0.15, -0.1) is 0 Å². The first-order chi connectivity index (χ1) is 6.22. The lowest BCUT2D eigenvalue weighted by Gasteiger charge is -2.09. The summed E-state index contributed by atoms with van der Waals surface area (Å²) >= 11 is 1.58. The Morgan fingerprint density at radius 1 is 1.77 bits per heavy atom. The van der Waals surface area contributed by atoms with Crippen LogP contribution in [0.3, 0.4) is 0 Å². The normalized spacial score (nSPS) is 12.5. The highest BCUT2D eigenvalue weighted by molar-refractivity contribution is 7.07. The Bertz CT molecular complexity index is 259. The molecular weight excluding hydrogens is 186 g/mol. The second kappa shape index (κ2) is 4.99. The Labute approximate surface area is 81.4 Å². The van der Waals surface area contributed by atoms with Crippen molar-refractivity contribution in [3.8, 4) is 0 Å². The molecule has 1 aromatic rings. The van der Waals surface area contributed by atoms with E-state index in [1.807, 2.05) is 16.8 Å². The third-order valence-corrected chi connectivity index (χ3v) is 2.36. The van der Waals surface area contributed by atoms with Crippen molar-refractivity contribution in [2.75, 3.05) is 6.61 Å². The molecule has 0 radical (unpaired) electrons. The van der Waals surface area contributed by atoms with Gasteiger partial charge in [0.25, 0.3) is 0 Å². The van der Waals surface area contributed by atoms with Crippen molar-refractivity contribution in [2.24, 2.45) is 0 Å². The van der Waals surface area contributed by atoms with Gasteiger partial charge in [0, 0.05) is 6.04 Å². The van der Waals surface area contributed by atoms with Gasteiger partial charge in [-0.1, -0.05) is 0 Å². The number of rotatable bonds is 4. The number of aliphatic hydroxyl groups excluding tert-OH is 1. The van der Waals surface area contributed by atoms with Crippen molar-refractivity contribution in [3.05, 3.63) is 22.4 Å². The molecule has 72 valence electrons. The van der Waals surface area contributed by atoms with Crippen LogP contribution in [0.2, 0.25) is 0 Å². The highest BCUT2D eigenvalue weighted by Crippen LogP contribution is 2.06. The molecule has 0 aliphatic heterocycles. The van der Waals surface area contributed by atoms with Crippen molar-refractivity contribution in [3.63, 3.8) is 0 Å². The largest absolute Gasteiger partial charge is 0.394 e. The number of thiophene rings is 1. The van der Waals surface area contributed by atoms with Crippen LogP contribution in [0.5, 0.6) is 0 Å². The van der Waals surface area contributed by atoms with Crippen LogP contribution in [-0.2, 0) is 11.2 Å². The smallest absolute Gasteiger partial charge is 0.224 e. The fourth-order valence-electron chi connectivity index (χ4n) is 0.950. The lowest BCUT2D eigenvalue weighted by molar-refractivity contribution is -0.121. The van der Waals surface area contributed by atoms with E-state index in [0.717, 1.165) is 5.56 Å². The maximum absolute atomic E-state index is 11.3. The average molecular weight is 199 g/mol. The maximum Gasteiger partial charge on any atom is 0.224 e. The first-order valence-corrected chi connectivity index (χ1v) is 5.08. The molecule has 4 heteroatoms. The SMILES string of the molecule is CC(CO)NC(=O)Cc1ccsc1. The van der Waals surface area contributed by atoms with Crippen molar-refractivity contribution >= 4 is 17.2 Å². The van der Waals surface area contributed by atoms with Crippen molar-refractivity contribution in [2.45, 2.75) is 19.4 Å². The first-order valence-electron chi connectivity index (χ1n) is 4.13. The monoisotopic (exact) mass is 199 g/mol. The molecular formula is C9H13NO2S. The highest BCUT2D eigenvalue weighted by atomic mass is 32.1. The van der Waals surface area contributed by atoms with E-state index in [2.05, 4.69) is 5.32 Å². The minimum atomic E-state index is -0.161. The van der Waals surface area contributed by atoms with Gasteiger partial charge >= 0.3 is 0 Å². The fraction of sp³-hybridized carbons (Fsp3) is 0.444. The van der Waals surface area contributed by atoms with Gasteiger partial charge in [0.2, 0.25) is 5.91 Å². The second-order valence-electron chi connectivity index (χ2n) is 2.96. The summed E-state index contributed by atoms with van der Waals surface area (Å²) < 4.78 is 0. The summed E-state index contributed by atoms with van der Waals surface area (Å²) in [5.41, 5.74) is 1.02. The zero-order valence-corrected chi connectivity index (χ0v) is 8.30. The van der Waals surface area contributed by atoms with Gasteiger partial charge in [-0.2, -0.15) is 11.3 Å². The van der Waals surface area contributed by atoms with Crippen LogP contribution >= 0.6 is 11.3 Å². The average Bonchev–Trinajstić information content (AvgIpc) is 2.56. The number of carbonyl (C=O) groups excluding carboxylic acids is 1. The van der Waals surface area contributed by atoms with E-state index in [-0.39, 0.29) is 18.6 Å². The Balaban J connectivity index is 2.34. The number of nitrogens with one attached hydrogen (secondary N) is 1. The fourth-order valence-corrected chi connectivity index (χ4v) is 1.62. The van der Waals surface area contributed by atoms with Gasteiger partial charge in [0.15, 0.2) is 0 Å². The number of amides is 1. The van der Waals surface area contributed by atoms with Crippen molar-refractivity contribution in [1.82, 2.24) is 5.32 Å². The molecule has 1 heterocycles. The second-order valence-corrected chi connectivity index (χ2v) is 3.74. The molecule has 3 nitrogen and oxygen atoms in total. The molecule has 0 aromatic carbocycles. The van der Waals surface area contributed by atoms with Crippen LogP contribution in [0, 0.1) is 0 Å². The predicted molar refractivity (Wildman–Crippen MR) is 52.7 cm³/mol. The summed E-state index contributed by atoms with van der Waals surface area (Å²) in [5, 5.41) is 15.3. The molecule has 0 saturated carbocycles. The Hall–Kier alpha value is -0.870. The van der Waals surface area contributed by atoms with E-state index in [1.165, 1.54) is 0 Å². The van der Waals surface area contributed by atoms with E-state index in [9.17, 15) is 4.79 Å². The molecule has 0 aliphatic rings. The van der Waals surface area contributed by atoms with Gasteiger partial charge in [0.1, 0.15) is 0 Å². The number of carbonyl (C=O) groups is 1. The summed E-state index contributed by atoms with van der Waals surface area (Å²) in [5.74, 6) is -0.0417. The third-order valence-electron chi connectivity index (χ3n) is 1.63. The molecule has 0 saturated heterocycles. The summed E-state index contributed by atoms with van der Waals surface area (Å²) in [6.07, 6.45) is 0.397. The number of aliphatic hydroxyl groups is 1. The third kappa shape index (κ3) is 3.57. The first kappa shape index (κ1) is 10.2. The predicted octanol–water partition coefficient (Wildman–Crippen LogP) is 0.788. The molecule has 0 aliphatic carbocycles. The summed E-state index contributed by atoms with van der Waals surface area (Å²) in [7, 11) is 0. The topological polar surface area (TPSA) is 49.3 Å². The molecule has 1 unspecified atom stereocenters. The van der Waals surface area contributed by atoms with Crippen molar-refractivity contribution < 1.29 is 9.90 Å². The van der Waals surface area contributed by atoms with Crippen LogP contribution in [0.4, 0.5) is 0 Å². The number of hydrogen-bond acceptors (Lipinski definition) is 3. The number of hydrogen-bond donors (Lipinski definition) is 2. The van der Waals surface area contributed by atoms with Gasteiger partial charge in [-0.05, 0) is 29.3 Å². The van der Waals surface area contributed by atoms with Gasteiger partial charge in [-0.25, -0.2) is 0 Å². The maximum atomic E-state index is 11.3. The molecule has 1 amide bonds. The lowest BCUT2D eigenvalue weighted by atomic mass is 10.2. The van der Waals surface area contributed by atoms with Crippen LogP contribution in [-0.4, -0.2) is 23.7 Å². The summed E-state index contributed by atoms with van der Waals surface area (Å²) in [6, 6.07) is 1.76. The summed E-state index contributed by atoms with van der Waals surface area (Å²) in [6.45, 7) is 1.75. The van der Waals surface area contributed by atoms with Crippen LogP contribution < -0.4 is 5.32 Å². The van der Waals surface area contributed by atoms with E-state index >= 15 is 0 Å². The van der Waals surface area contributed by atoms with Crippen LogP contribution in [0.1, 0.15) is 12.5 Å². The van der Waals surface area contributed by atoms with Crippen molar-refractivity contribution in [1.29, 1.82) is 0 Å². The molecule has 1 atom stereocenters.